The van der Waals surface area contributed by atoms with Gasteiger partial charge in [0.15, 0.2) is 0 Å². The van der Waals surface area contributed by atoms with Crippen molar-refractivity contribution in [2.75, 3.05) is 6.26 Å². The van der Waals surface area contributed by atoms with Crippen LogP contribution in [0.25, 0.3) is 0 Å². The van der Waals surface area contributed by atoms with Gasteiger partial charge in [0.05, 0.1) is 0 Å². The Morgan fingerprint density at radius 1 is 1.38 bits per heavy atom. The molecule has 3 N–H and O–H groups in total. The van der Waals surface area contributed by atoms with Gasteiger partial charge < -0.3 is 0 Å². The summed E-state index contributed by atoms with van der Waals surface area (Å²) in [5.74, 6) is 11.5. The molecule has 0 radical (unpaired) electrons. The molecule has 86 valence electrons. The second-order valence-electron chi connectivity index (χ2n) is 3.46. The highest BCUT2D eigenvalue weighted by Crippen LogP contribution is 2.21. The molecule has 0 amide bonds. The number of thioether (sulfide) groups is 1. The predicted molar refractivity (Wildman–Crippen MR) is 71.0 cm³/mol. The monoisotopic (exact) mass is 234 g/mol. The molecule has 0 heterocycles. The molecule has 3 heteroatoms. The number of nitrogens with two attached hydrogens (primary N) is 1. The van der Waals surface area contributed by atoms with Crippen LogP contribution in [0.5, 0.6) is 0 Å². The molecule has 0 spiro atoms. The van der Waals surface area contributed by atoms with Crippen molar-refractivity contribution in [1.29, 1.82) is 0 Å². The van der Waals surface area contributed by atoms with Crippen molar-refractivity contribution >= 4 is 11.8 Å². The van der Waals surface area contributed by atoms with Crippen LogP contribution in [0.15, 0.2) is 29.2 Å². The summed E-state index contributed by atoms with van der Waals surface area (Å²) in [7, 11) is 0. The first-order valence-electron chi connectivity index (χ1n) is 5.31. The SMILES string of the molecule is CC#CCCC(NN)c1ccc(SC)cc1. The molecule has 1 aromatic rings. The summed E-state index contributed by atoms with van der Waals surface area (Å²) in [5, 5.41) is 0. The molecule has 1 rings (SSSR count). The standard InChI is InChI=1S/C13H18N2S/c1-3-4-5-6-13(15-14)11-7-9-12(16-2)10-8-11/h7-10,13,15H,5-6,14H2,1-2H3. The van der Waals surface area contributed by atoms with Gasteiger partial charge in [-0.3, -0.25) is 11.3 Å². The lowest BCUT2D eigenvalue weighted by Gasteiger charge is -2.15. The summed E-state index contributed by atoms with van der Waals surface area (Å²) in [5.41, 5.74) is 4.06. The molecular weight excluding hydrogens is 216 g/mol. The zero-order valence-corrected chi connectivity index (χ0v) is 10.6. The third kappa shape index (κ3) is 3.90. The largest absolute Gasteiger partial charge is 0.271 e. The molecule has 0 saturated carbocycles. The van der Waals surface area contributed by atoms with E-state index in [4.69, 9.17) is 5.84 Å². The number of nitrogens with one attached hydrogen (secondary N) is 1. The van der Waals surface area contributed by atoms with E-state index in [1.165, 1.54) is 10.5 Å². The van der Waals surface area contributed by atoms with Crippen molar-refractivity contribution in [2.24, 2.45) is 5.84 Å². The van der Waals surface area contributed by atoms with Crippen LogP contribution in [-0.2, 0) is 0 Å². The molecule has 0 aliphatic rings. The van der Waals surface area contributed by atoms with Crippen LogP contribution in [0.3, 0.4) is 0 Å². The third-order valence-corrected chi connectivity index (χ3v) is 3.20. The van der Waals surface area contributed by atoms with Crippen LogP contribution in [0.2, 0.25) is 0 Å². The van der Waals surface area contributed by atoms with Crippen LogP contribution in [0.1, 0.15) is 31.4 Å². The van der Waals surface area contributed by atoms with E-state index in [9.17, 15) is 0 Å². The Labute approximate surface area is 102 Å². The minimum atomic E-state index is 0.191. The molecular formula is C13H18N2S. The molecule has 0 aliphatic carbocycles. The van der Waals surface area contributed by atoms with Gasteiger partial charge in [-0.2, -0.15) is 0 Å². The predicted octanol–water partition coefficient (Wildman–Crippen LogP) is 2.72. The maximum absolute atomic E-state index is 5.55. The zero-order chi connectivity index (χ0) is 11.8. The first-order chi connectivity index (χ1) is 7.81. The van der Waals surface area contributed by atoms with E-state index in [0.29, 0.717) is 0 Å². The second-order valence-corrected chi connectivity index (χ2v) is 4.34. The average Bonchev–Trinajstić information content (AvgIpc) is 2.35. The topological polar surface area (TPSA) is 38.0 Å². The van der Waals surface area contributed by atoms with E-state index < -0.39 is 0 Å². The lowest BCUT2D eigenvalue weighted by molar-refractivity contribution is 0.523. The summed E-state index contributed by atoms with van der Waals surface area (Å²) < 4.78 is 0. The third-order valence-electron chi connectivity index (χ3n) is 2.45. The van der Waals surface area contributed by atoms with E-state index in [1.807, 2.05) is 6.92 Å². The fraction of sp³-hybridized carbons (Fsp3) is 0.385. The van der Waals surface area contributed by atoms with Crippen LogP contribution < -0.4 is 11.3 Å². The Kier molecular flexibility index (Phi) is 6.02. The first kappa shape index (κ1) is 13.1. The van der Waals surface area contributed by atoms with Crippen molar-refractivity contribution in [2.45, 2.75) is 30.7 Å². The second kappa shape index (κ2) is 7.34. The number of hydrogen-bond donors (Lipinski definition) is 2. The van der Waals surface area contributed by atoms with Gasteiger partial charge in [-0.05, 0) is 37.3 Å². The van der Waals surface area contributed by atoms with Crippen LogP contribution >= 0.6 is 11.8 Å². The van der Waals surface area contributed by atoms with Gasteiger partial charge >= 0.3 is 0 Å². The first-order valence-corrected chi connectivity index (χ1v) is 6.54. The summed E-state index contributed by atoms with van der Waals surface area (Å²) in [4.78, 5) is 1.27. The van der Waals surface area contributed by atoms with Crippen molar-refractivity contribution in [3.8, 4) is 11.8 Å². The molecule has 1 aromatic carbocycles. The maximum atomic E-state index is 5.55. The maximum Gasteiger partial charge on any atom is 0.0469 e. The van der Waals surface area contributed by atoms with Gasteiger partial charge in [0.1, 0.15) is 0 Å². The van der Waals surface area contributed by atoms with E-state index in [1.54, 1.807) is 11.8 Å². The molecule has 1 unspecified atom stereocenters. The molecule has 0 aromatic heterocycles. The number of rotatable bonds is 5. The zero-order valence-electron chi connectivity index (χ0n) is 9.79. The number of hydrazine groups is 1. The molecule has 0 saturated heterocycles. The van der Waals surface area contributed by atoms with E-state index >= 15 is 0 Å². The van der Waals surface area contributed by atoms with Crippen molar-refractivity contribution in [3.63, 3.8) is 0 Å². The Morgan fingerprint density at radius 3 is 2.56 bits per heavy atom. The van der Waals surface area contributed by atoms with E-state index in [2.05, 4.69) is 47.8 Å². The Bertz CT molecular complexity index is 362. The number of benzene rings is 1. The molecule has 16 heavy (non-hydrogen) atoms. The van der Waals surface area contributed by atoms with Gasteiger partial charge in [0.2, 0.25) is 0 Å². The highest BCUT2D eigenvalue weighted by atomic mass is 32.2. The minimum absolute atomic E-state index is 0.191. The summed E-state index contributed by atoms with van der Waals surface area (Å²) in [6.07, 6.45) is 3.89. The highest BCUT2D eigenvalue weighted by molar-refractivity contribution is 7.98. The molecule has 0 bridgehead atoms. The Balaban J connectivity index is 2.65. The Hall–Kier alpha value is -0.950. The smallest absolute Gasteiger partial charge is 0.0469 e. The van der Waals surface area contributed by atoms with E-state index in [-0.39, 0.29) is 6.04 Å². The average molecular weight is 234 g/mol. The fourth-order valence-electron chi connectivity index (χ4n) is 1.52. The van der Waals surface area contributed by atoms with Gasteiger partial charge in [-0.15, -0.1) is 23.6 Å². The van der Waals surface area contributed by atoms with Gasteiger partial charge in [-0.25, -0.2) is 0 Å². The lowest BCUT2D eigenvalue weighted by Crippen LogP contribution is -2.27. The minimum Gasteiger partial charge on any atom is -0.271 e. The fourth-order valence-corrected chi connectivity index (χ4v) is 1.93. The molecule has 2 nitrogen and oxygen atoms in total. The van der Waals surface area contributed by atoms with Crippen LogP contribution in [0, 0.1) is 11.8 Å². The van der Waals surface area contributed by atoms with Crippen LogP contribution in [0.4, 0.5) is 0 Å². The van der Waals surface area contributed by atoms with Gasteiger partial charge in [0, 0.05) is 17.4 Å². The van der Waals surface area contributed by atoms with Gasteiger partial charge in [0.25, 0.3) is 0 Å². The van der Waals surface area contributed by atoms with Crippen molar-refractivity contribution in [3.05, 3.63) is 29.8 Å². The molecule has 1 atom stereocenters. The highest BCUT2D eigenvalue weighted by Gasteiger charge is 2.08. The molecule has 0 aliphatic heterocycles. The summed E-state index contributed by atoms with van der Waals surface area (Å²) in [6, 6.07) is 8.67. The Morgan fingerprint density at radius 2 is 2.06 bits per heavy atom. The number of hydrogen-bond acceptors (Lipinski definition) is 3. The van der Waals surface area contributed by atoms with Crippen molar-refractivity contribution < 1.29 is 0 Å². The van der Waals surface area contributed by atoms with Crippen LogP contribution in [-0.4, -0.2) is 6.26 Å². The van der Waals surface area contributed by atoms with Gasteiger partial charge in [-0.1, -0.05) is 12.1 Å². The molecule has 0 fully saturated rings. The quantitative estimate of drug-likeness (QED) is 0.356. The summed E-state index contributed by atoms with van der Waals surface area (Å²) >= 11 is 1.74. The van der Waals surface area contributed by atoms with Crippen molar-refractivity contribution in [1.82, 2.24) is 5.43 Å². The van der Waals surface area contributed by atoms with E-state index in [0.717, 1.165) is 12.8 Å². The normalized spacial score (nSPS) is 11.7. The lowest BCUT2D eigenvalue weighted by atomic mass is 10.0. The summed E-state index contributed by atoms with van der Waals surface area (Å²) in [6.45, 7) is 1.86.